The number of anilines is 1. The maximum Gasteiger partial charge on any atom is 0.244 e. The Morgan fingerprint density at radius 3 is 2.36 bits per heavy atom. The number of hydrogen-bond donors (Lipinski definition) is 2. The Morgan fingerprint density at radius 1 is 1.15 bits per heavy atom. The fourth-order valence-electron chi connectivity index (χ4n) is 3.17. The third-order valence-corrected chi connectivity index (χ3v) is 7.90. The molecular weight excluding hydrogens is 468 g/mol. The summed E-state index contributed by atoms with van der Waals surface area (Å²) >= 11 is 0. The van der Waals surface area contributed by atoms with Gasteiger partial charge in [0.1, 0.15) is 6.54 Å². The van der Waals surface area contributed by atoms with Crippen LogP contribution in [0.15, 0.2) is 24.3 Å². The molecule has 0 aromatic heterocycles. The van der Waals surface area contributed by atoms with E-state index in [1.54, 1.807) is 31.2 Å². The first kappa shape index (κ1) is 24.8. The number of nitrogens with one attached hydrogen (secondary N) is 2. The smallest absolute Gasteiger partial charge is 0.244 e. The molecule has 2 aliphatic heterocycles. The predicted molar refractivity (Wildman–Crippen MR) is 124 cm³/mol. The van der Waals surface area contributed by atoms with E-state index in [0.717, 1.165) is 5.56 Å². The van der Waals surface area contributed by atoms with Crippen LogP contribution in [0, 0.1) is 0 Å². The van der Waals surface area contributed by atoms with Crippen molar-refractivity contribution in [2.75, 3.05) is 25.0 Å². The fourth-order valence-corrected chi connectivity index (χ4v) is 4.85. The molecule has 0 spiro atoms. The van der Waals surface area contributed by atoms with Crippen LogP contribution in [0.1, 0.15) is 31.7 Å². The van der Waals surface area contributed by atoms with Crippen LogP contribution in [-0.4, -0.2) is 69.5 Å². The second-order valence-corrected chi connectivity index (χ2v) is 10.3. The summed E-state index contributed by atoms with van der Waals surface area (Å²) in [7, 11) is 2.38. The molecule has 176 valence electrons. The number of rotatable bonds is 12. The van der Waals surface area contributed by atoms with Crippen LogP contribution in [0.3, 0.4) is 0 Å². The van der Waals surface area contributed by atoms with E-state index >= 15 is 0 Å². The van der Waals surface area contributed by atoms with Gasteiger partial charge in [-0.25, -0.2) is 0 Å². The van der Waals surface area contributed by atoms with Gasteiger partial charge in [-0.05, 0) is 45.7 Å². The highest BCUT2D eigenvalue weighted by molar-refractivity contribution is 8.94. The Hall–Kier alpha value is -2.86. The first-order valence-corrected chi connectivity index (χ1v) is 12.5. The van der Waals surface area contributed by atoms with Crippen LogP contribution in [0.4, 0.5) is 5.69 Å². The Bertz CT molecular complexity index is 964. The fraction of sp³-hybridized carbons (Fsp3) is 0.429. The Balaban J connectivity index is 1.50. The number of imide groups is 1. The van der Waals surface area contributed by atoms with E-state index < -0.39 is 10.1 Å². The minimum Gasteiger partial charge on any atom is -0.328 e. The molecule has 10 nitrogen and oxygen atoms in total. The minimum atomic E-state index is -1.08. The molecule has 5 amide bonds. The number of carbonyl (C=O) groups is 6. The molecule has 2 heterocycles. The van der Waals surface area contributed by atoms with Gasteiger partial charge in [-0.1, -0.05) is 19.1 Å². The number of ketones is 1. The highest BCUT2D eigenvalue weighted by Gasteiger charge is 2.53. The van der Waals surface area contributed by atoms with Crippen LogP contribution in [0.5, 0.6) is 0 Å². The molecule has 0 saturated carbocycles. The molecule has 0 radical (unpaired) electrons. The highest BCUT2D eigenvalue weighted by Crippen LogP contribution is 2.62. The normalized spacial score (nSPS) is 15.8. The predicted octanol–water partition coefficient (Wildman–Crippen LogP) is 0.919. The molecule has 33 heavy (non-hydrogen) atoms. The van der Waals surface area contributed by atoms with Gasteiger partial charge in [-0.3, -0.25) is 33.7 Å². The molecule has 3 rings (SSSR count). The van der Waals surface area contributed by atoms with Gasteiger partial charge in [0, 0.05) is 31.5 Å². The van der Waals surface area contributed by atoms with Crippen LogP contribution < -0.4 is 10.6 Å². The number of carbonyl (C=O) groups excluding carboxylic acids is 6. The van der Waals surface area contributed by atoms with Crippen molar-refractivity contribution in [3.05, 3.63) is 29.8 Å². The van der Waals surface area contributed by atoms with Gasteiger partial charge in [0.2, 0.25) is 34.2 Å². The molecule has 1 aromatic rings. The largest absolute Gasteiger partial charge is 0.328 e. The summed E-state index contributed by atoms with van der Waals surface area (Å²) in [6, 6.07) is 6.92. The molecule has 2 aliphatic rings. The van der Waals surface area contributed by atoms with E-state index in [1.807, 2.05) is 0 Å². The SMILES string of the molecule is CCC(=O)N(CC(=O)Nc1ccc(CCC(=O)N2CCC2=O)cc1)CC(=O)C1(NC=O)SS1. The number of nitrogens with zero attached hydrogens (tertiary/aromatic N) is 2. The van der Waals surface area contributed by atoms with Crippen LogP contribution in [-0.2, 0) is 35.2 Å². The molecule has 2 N–H and O–H groups in total. The van der Waals surface area contributed by atoms with Crippen LogP contribution >= 0.6 is 21.6 Å². The molecule has 0 bridgehead atoms. The summed E-state index contributed by atoms with van der Waals surface area (Å²) in [5.74, 6) is -1.50. The van der Waals surface area contributed by atoms with Gasteiger partial charge in [-0.2, -0.15) is 0 Å². The summed E-state index contributed by atoms with van der Waals surface area (Å²) in [5.41, 5.74) is 1.39. The maximum atomic E-state index is 12.5. The molecule has 0 unspecified atom stereocenters. The van der Waals surface area contributed by atoms with Crippen molar-refractivity contribution in [3.8, 4) is 0 Å². The number of hydrogen-bond acceptors (Lipinski definition) is 8. The van der Waals surface area contributed by atoms with E-state index in [1.165, 1.54) is 31.4 Å². The van der Waals surface area contributed by atoms with Gasteiger partial charge in [0.25, 0.3) is 0 Å². The van der Waals surface area contributed by atoms with Gasteiger partial charge in [-0.15, -0.1) is 0 Å². The third kappa shape index (κ3) is 6.35. The zero-order chi connectivity index (χ0) is 24.0. The number of β-lactam (4-membered cyclic amide) rings is 1. The lowest BCUT2D eigenvalue weighted by Crippen LogP contribution is -2.47. The first-order valence-electron chi connectivity index (χ1n) is 10.4. The molecule has 0 aliphatic carbocycles. The number of likely N-dealkylation sites (tertiary alicyclic amines) is 1. The molecule has 0 atom stereocenters. The van der Waals surface area contributed by atoms with Crippen molar-refractivity contribution in [3.63, 3.8) is 0 Å². The first-order chi connectivity index (χ1) is 15.8. The number of aryl methyl sites for hydroxylation is 1. The van der Waals surface area contributed by atoms with E-state index in [4.69, 9.17) is 0 Å². The molecular formula is C21H24N4O6S2. The molecule has 1 aromatic carbocycles. The van der Waals surface area contributed by atoms with Crippen LogP contribution in [0.2, 0.25) is 0 Å². The lowest BCUT2D eigenvalue weighted by molar-refractivity contribution is -0.152. The maximum absolute atomic E-state index is 12.5. The van der Waals surface area contributed by atoms with Gasteiger partial charge < -0.3 is 15.5 Å². The zero-order valence-electron chi connectivity index (χ0n) is 18.0. The standard InChI is InChI=1S/C21H24N4O6S2/c1-2-18(29)24(11-16(27)21(22-13-26)32-33-21)12-17(28)23-15-6-3-14(4-7-15)5-8-19(30)25-10-9-20(25)31/h3-4,6-7,13H,2,5,8-12H2,1H3,(H,22,26)(H,23,28). The average Bonchev–Trinajstić information content (AvgIpc) is 3.57. The number of Topliss-reactive ketones (excluding diaryl/α,β-unsaturated/α-hetero) is 1. The van der Waals surface area contributed by atoms with Crippen molar-refractivity contribution >= 4 is 63.1 Å². The van der Waals surface area contributed by atoms with Crippen molar-refractivity contribution in [2.45, 2.75) is 36.8 Å². The summed E-state index contributed by atoms with van der Waals surface area (Å²) < 4.78 is -1.08. The monoisotopic (exact) mass is 492 g/mol. The Kier molecular flexibility index (Phi) is 8.14. The molecule has 2 saturated heterocycles. The molecule has 2 fully saturated rings. The van der Waals surface area contributed by atoms with Crippen molar-refractivity contribution in [1.29, 1.82) is 0 Å². The summed E-state index contributed by atoms with van der Waals surface area (Å²) in [5, 5.41) is 5.13. The quantitative estimate of drug-likeness (QED) is 0.190. The van der Waals surface area contributed by atoms with Gasteiger partial charge in [0.15, 0.2) is 5.78 Å². The summed E-state index contributed by atoms with van der Waals surface area (Å²) in [6.07, 6.45) is 1.70. The lowest BCUT2D eigenvalue weighted by Gasteiger charge is -2.28. The van der Waals surface area contributed by atoms with E-state index in [-0.39, 0.29) is 49.4 Å². The van der Waals surface area contributed by atoms with Crippen molar-refractivity contribution in [1.82, 2.24) is 15.1 Å². The lowest BCUT2D eigenvalue weighted by atomic mass is 10.1. The Morgan fingerprint density at radius 2 is 1.85 bits per heavy atom. The minimum absolute atomic E-state index is 0.130. The van der Waals surface area contributed by atoms with Crippen molar-refractivity contribution in [2.24, 2.45) is 0 Å². The van der Waals surface area contributed by atoms with Crippen LogP contribution in [0.25, 0.3) is 0 Å². The summed E-state index contributed by atoms with van der Waals surface area (Å²) in [6.45, 7) is 1.54. The zero-order valence-corrected chi connectivity index (χ0v) is 19.6. The van der Waals surface area contributed by atoms with E-state index in [2.05, 4.69) is 10.6 Å². The Labute approximate surface area is 198 Å². The highest BCUT2D eigenvalue weighted by atomic mass is 33.2. The van der Waals surface area contributed by atoms with Gasteiger partial charge in [0.05, 0.1) is 6.54 Å². The van der Waals surface area contributed by atoms with E-state index in [0.29, 0.717) is 31.5 Å². The van der Waals surface area contributed by atoms with Crippen molar-refractivity contribution < 1.29 is 28.8 Å². The summed E-state index contributed by atoms with van der Waals surface area (Å²) in [4.78, 5) is 73.6. The second-order valence-electron chi connectivity index (χ2n) is 7.51. The van der Waals surface area contributed by atoms with E-state index in [9.17, 15) is 28.8 Å². The third-order valence-electron chi connectivity index (χ3n) is 5.21. The number of benzene rings is 1. The topological polar surface area (TPSA) is 133 Å². The van der Waals surface area contributed by atoms with Gasteiger partial charge >= 0.3 is 0 Å². The second kappa shape index (κ2) is 10.8. The number of amides is 5. The molecule has 12 heteroatoms. The average molecular weight is 493 g/mol.